The second-order valence-electron chi connectivity index (χ2n) is 3.15. The lowest BCUT2D eigenvalue weighted by atomic mass is 10.3. The molecular formula is C8H16N4O2. The second kappa shape index (κ2) is 4.92. The molecule has 1 unspecified atom stereocenters. The Morgan fingerprint density at radius 3 is 2.86 bits per heavy atom. The quantitative estimate of drug-likeness (QED) is 0.649. The van der Waals surface area contributed by atoms with Gasteiger partial charge in [0.2, 0.25) is 0 Å². The van der Waals surface area contributed by atoms with Crippen LogP contribution in [0.3, 0.4) is 0 Å². The van der Waals surface area contributed by atoms with Gasteiger partial charge in [0.1, 0.15) is 6.33 Å². The van der Waals surface area contributed by atoms with Crippen LogP contribution in [0.15, 0.2) is 11.1 Å². The van der Waals surface area contributed by atoms with Gasteiger partial charge in [0.25, 0.3) is 0 Å². The van der Waals surface area contributed by atoms with Crippen molar-refractivity contribution in [1.82, 2.24) is 19.7 Å². The molecule has 80 valence electrons. The normalized spacial score (nSPS) is 13.1. The minimum absolute atomic E-state index is 0.104. The lowest BCUT2D eigenvalue weighted by molar-refractivity contribution is 0.160. The topological polar surface area (TPSA) is 61.1 Å². The summed E-state index contributed by atoms with van der Waals surface area (Å²) in [4.78, 5) is 11.4. The predicted molar refractivity (Wildman–Crippen MR) is 52.2 cm³/mol. The van der Waals surface area contributed by atoms with Crippen LogP contribution in [-0.4, -0.2) is 41.2 Å². The van der Waals surface area contributed by atoms with Crippen molar-refractivity contribution < 1.29 is 4.74 Å². The van der Waals surface area contributed by atoms with Gasteiger partial charge in [-0.1, -0.05) is 0 Å². The van der Waals surface area contributed by atoms with E-state index in [9.17, 15) is 4.79 Å². The molecule has 0 saturated carbocycles. The van der Waals surface area contributed by atoms with E-state index in [1.54, 1.807) is 14.2 Å². The van der Waals surface area contributed by atoms with Crippen LogP contribution >= 0.6 is 0 Å². The van der Waals surface area contributed by atoms with Crippen LogP contribution in [0.5, 0.6) is 0 Å². The first-order valence-electron chi connectivity index (χ1n) is 4.43. The highest BCUT2D eigenvalue weighted by Crippen LogP contribution is 1.87. The third kappa shape index (κ3) is 2.43. The van der Waals surface area contributed by atoms with E-state index >= 15 is 0 Å². The zero-order chi connectivity index (χ0) is 10.6. The highest BCUT2D eigenvalue weighted by atomic mass is 16.5. The van der Waals surface area contributed by atoms with Crippen LogP contribution in [0.1, 0.15) is 0 Å². The first-order valence-corrected chi connectivity index (χ1v) is 4.43. The van der Waals surface area contributed by atoms with Gasteiger partial charge in [-0.05, 0) is 7.05 Å². The van der Waals surface area contributed by atoms with Crippen molar-refractivity contribution in [2.45, 2.75) is 12.6 Å². The molecule has 1 N–H and O–H groups in total. The third-order valence-electron chi connectivity index (χ3n) is 2.06. The summed E-state index contributed by atoms with van der Waals surface area (Å²) in [6.45, 7) is 1.07. The lowest BCUT2D eigenvalue weighted by Crippen LogP contribution is -2.38. The highest BCUT2D eigenvalue weighted by Gasteiger charge is 2.09. The van der Waals surface area contributed by atoms with E-state index in [1.807, 2.05) is 7.05 Å². The van der Waals surface area contributed by atoms with Crippen molar-refractivity contribution in [3.8, 4) is 0 Å². The number of nitrogens with one attached hydrogen (secondary N) is 1. The molecule has 14 heavy (non-hydrogen) atoms. The Bertz CT molecular complexity index is 330. The summed E-state index contributed by atoms with van der Waals surface area (Å²) in [5.41, 5.74) is -0.110. The van der Waals surface area contributed by atoms with Crippen molar-refractivity contribution in [2.24, 2.45) is 7.05 Å². The Morgan fingerprint density at radius 1 is 1.71 bits per heavy atom. The zero-order valence-electron chi connectivity index (χ0n) is 8.73. The Labute approximate surface area is 82.5 Å². The number of hydrogen-bond donors (Lipinski definition) is 1. The Morgan fingerprint density at radius 2 is 2.43 bits per heavy atom. The molecule has 1 aromatic heterocycles. The molecule has 0 bridgehead atoms. The molecule has 0 radical (unpaired) electrons. The minimum atomic E-state index is -0.110. The van der Waals surface area contributed by atoms with Gasteiger partial charge >= 0.3 is 5.69 Å². The first-order chi connectivity index (χ1) is 6.69. The summed E-state index contributed by atoms with van der Waals surface area (Å²) in [6.07, 6.45) is 1.50. The summed E-state index contributed by atoms with van der Waals surface area (Å²) >= 11 is 0. The molecule has 0 saturated heterocycles. The van der Waals surface area contributed by atoms with E-state index in [1.165, 1.54) is 15.6 Å². The molecular weight excluding hydrogens is 184 g/mol. The smallest absolute Gasteiger partial charge is 0.345 e. The Hall–Kier alpha value is -1.14. The molecule has 6 nitrogen and oxygen atoms in total. The highest BCUT2D eigenvalue weighted by molar-refractivity contribution is 4.70. The average molecular weight is 200 g/mol. The molecule has 0 amide bonds. The molecule has 1 atom stereocenters. The number of aryl methyl sites for hydroxylation is 1. The van der Waals surface area contributed by atoms with Crippen molar-refractivity contribution >= 4 is 0 Å². The van der Waals surface area contributed by atoms with E-state index in [4.69, 9.17) is 4.74 Å². The number of rotatable bonds is 5. The van der Waals surface area contributed by atoms with E-state index in [0.29, 0.717) is 13.2 Å². The molecule has 1 aromatic rings. The van der Waals surface area contributed by atoms with Crippen molar-refractivity contribution in [2.75, 3.05) is 20.8 Å². The van der Waals surface area contributed by atoms with Gasteiger partial charge in [0, 0.05) is 14.2 Å². The summed E-state index contributed by atoms with van der Waals surface area (Å²) in [5, 5.41) is 7.01. The third-order valence-corrected chi connectivity index (χ3v) is 2.06. The van der Waals surface area contributed by atoms with Gasteiger partial charge in [-0.15, -0.1) is 0 Å². The molecule has 0 spiro atoms. The van der Waals surface area contributed by atoms with Crippen LogP contribution < -0.4 is 11.0 Å². The van der Waals surface area contributed by atoms with Gasteiger partial charge in [-0.25, -0.2) is 9.48 Å². The van der Waals surface area contributed by atoms with Crippen LogP contribution in [0.4, 0.5) is 0 Å². The van der Waals surface area contributed by atoms with Gasteiger partial charge in [-0.2, -0.15) is 5.10 Å². The largest absolute Gasteiger partial charge is 0.383 e. The van der Waals surface area contributed by atoms with Crippen LogP contribution in [0.25, 0.3) is 0 Å². The first kappa shape index (κ1) is 10.9. The van der Waals surface area contributed by atoms with Crippen LogP contribution in [0, 0.1) is 0 Å². The Kier molecular flexibility index (Phi) is 3.84. The monoisotopic (exact) mass is 200 g/mol. The minimum Gasteiger partial charge on any atom is -0.383 e. The molecule has 0 aliphatic rings. The predicted octanol–water partition coefficient (Wildman–Crippen LogP) is -1.18. The van der Waals surface area contributed by atoms with E-state index < -0.39 is 0 Å². The van der Waals surface area contributed by atoms with Gasteiger partial charge in [-0.3, -0.25) is 4.57 Å². The molecule has 6 heteroatoms. The zero-order valence-corrected chi connectivity index (χ0v) is 8.73. The van der Waals surface area contributed by atoms with E-state index in [2.05, 4.69) is 10.4 Å². The Balaban J connectivity index is 2.67. The number of methoxy groups -OCH3 is 1. The van der Waals surface area contributed by atoms with Gasteiger partial charge < -0.3 is 10.1 Å². The summed E-state index contributed by atoms with van der Waals surface area (Å²) in [5.74, 6) is 0. The summed E-state index contributed by atoms with van der Waals surface area (Å²) in [6, 6.07) is 0.104. The van der Waals surface area contributed by atoms with Crippen LogP contribution in [0.2, 0.25) is 0 Å². The van der Waals surface area contributed by atoms with Gasteiger partial charge in [0.15, 0.2) is 0 Å². The number of nitrogens with zero attached hydrogens (tertiary/aromatic N) is 3. The summed E-state index contributed by atoms with van der Waals surface area (Å²) in [7, 11) is 5.14. The molecule has 1 heterocycles. The molecule has 0 aliphatic carbocycles. The summed E-state index contributed by atoms with van der Waals surface area (Å²) < 4.78 is 7.86. The number of aromatic nitrogens is 3. The fraction of sp³-hybridized carbons (Fsp3) is 0.750. The van der Waals surface area contributed by atoms with Gasteiger partial charge in [0.05, 0.1) is 19.2 Å². The maximum atomic E-state index is 11.4. The fourth-order valence-corrected chi connectivity index (χ4v) is 1.18. The molecule has 0 fully saturated rings. The maximum absolute atomic E-state index is 11.4. The fourth-order valence-electron chi connectivity index (χ4n) is 1.18. The number of likely N-dealkylation sites (N-methyl/N-ethyl adjacent to an activating group) is 1. The number of hydrogen-bond acceptors (Lipinski definition) is 4. The second-order valence-corrected chi connectivity index (χ2v) is 3.15. The van der Waals surface area contributed by atoms with E-state index in [0.717, 1.165) is 0 Å². The lowest BCUT2D eigenvalue weighted by Gasteiger charge is -2.13. The van der Waals surface area contributed by atoms with E-state index in [-0.39, 0.29) is 11.7 Å². The SMILES string of the molecule is CNC(COC)Cn1ncn(C)c1=O. The van der Waals surface area contributed by atoms with Crippen LogP contribution in [-0.2, 0) is 18.3 Å². The standard InChI is InChI=1S/C8H16N4O2/c1-9-7(5-14-3)4-12-8(13)11(2)6-10-12/h6-7,9H,4-5H2,1-3H3. The molecule has 0 aromatic carbocycles. The number of ether oxygens (including phenoxy) is 1. The maximum Gasteiger partial charge on any atom is 0.345 e. The molecule has 1 rings (SSSR count). The average Bonchev–Trinajstić information content (AvgIpc) is 2.49. The van der Waals surface area contributed by atoms with Crippen molar-refractivity contribution in [1.29, 1.82) is 0 Å². The van der Waals surface area contributed by atoms with Crippen molar-refractivity contribution in [3.05, 3.63) is 16.8 Å². The molecule has 0 aliphatic heterocycles. The van der Waals surface area contributed by atoms with Crippen molar-refractivity contribution in [3.63, 3.8) is 0 Å².